The van der Waals surface area contributed by atoms with Gasteiger partial charge in [-0.25, -0.2) is 0 Å². The van der Waals surface area contributed by atoms with Crippen molar-refractivity contribution in [2.75, 3.05) is 0 Å². The van der Waals surface area contributed by atoms with Gasteiger partial charge in [-0.05, 0) is 12.8 Å². The van der Waals surface area contributed by atoms with E-state index in [0.717, 1.165) is 19.3 Å². The molecule has 3 N–H and O–H groups in total. The molecule has 0 rings (SSSR count). The molecule has 0 saturated heterocycles. The Morgan fingerprint density at radius 2 is 1.39 bits per heavy atom. The van der Waals surface area contributed by atoms with Gasteiger partial charge in [-0.1, -0.05) is 58.8 Å². The third kappa shape index (κ3) is 24.6. The topological polar surface area (TPSA) is 77.8 Å². The molecule has 0 aromatic rings. The van der Waals surface area contributed by atoms with Gasteiger partial charge in [0, 0.05) is 6.42 Å². The molecule has 0 aliphatic heterocycles. The minimum atomic E-state index is -1.10. The molecular formula is C14H30O4. The van der Waals surface area contributed by atoms with Crippen molar-refractivity contribution in [1.29, 1.82) is 0 Å². The third-order valence-corrected chi connectivity index (χ3v) is 2.54. The minimum absolute atomic E-state index is 0.341. The van der Waals surface area contributed by atoms with E-state index in [9.17, 15) is 4.79 Å². The molecule has 0 aromatic heterocycles. The second kappa shape index (κ2) is 16.4. The highest BCUT2D eigenvalue weighted by atomic mass is 16.5. The van der Waals surface area contributed by atoms with Crippen LogP contribution in [-0.4, -0.2) is 27.6 Å². The highest BCUT2D eigenvalue weighted by molar-refractivity contribution is 5.66. The molecule has 0 saturated carbocycles. The van der Waals surface area contributed by atoms with Gasteiger partial charge in [0.05, 0.1) is 0 Å². The Labute approximate surface area is 111 Å². The number of aliphatic hydroxyl groups is 2. The summed E-state index contributed by atoms with van der Waals surface area (Å²) in [7, 11) is 0. The molecule has 0 spiro atoms. The number of hydrogen-bond donors (Lipinski definition) is 3. The van der Waals surface area contributed by atoms with E-state index in [-0.39, 0.29) is 0 Å². The lowest BCUT2D eigenvalue weighted by Gasteiger charge is -1.98. The number of hydrogen-bond acceptors (Lipinski definition) is 3. The highest BCUT2D eigenvalue weighted by Crippen LogP contribution is 2.07. The normalized spacial score (nSPS) is 10.1. The summed E-state index contributed by atoms with van der Waals surface area (Å²) in [5, 5.41) is 24.6. The van der Waals surface area contributed by atoms with Crippen LogP contribution in [-0.2, 0) is 4.79 Å². The summed E-state index contributed by atoms with van der Waals surface area (Å²) < 4.78 is 0. The van der Waals surface area contributed by atoms with E-state index < -0.39 is 12.3 Å². The van der Waals surface area contributed by atoms with E-state index in [0.29, 0.717) is 12.8 Å². The van der Waals surface area contributed by atoms with Gasteiger partial charge in [-0.2, -0.15) is 0 Å². The smallest absolute Gasteiger partial charge is 0.303 e. The fourth-order valence-corrected chi connectivity index (χ4v) is 1.49. The average Bonchev–Trinajstić information content (AvgIpc) is 2.28. The number of carboxylic acids is 1. The summed E-state index contributed by atoms with van der Waals surface area (Å²) in [5.41, 5.74) is 0. The molecule has 0 amide bonds. The van der Waals surface area contributed by atoms with E-state index in [1.807, 2.05) is 6.92 Å². The van der Waals surface area contributed by atoms with Crippen molar-refractivity contribution in [1.82, 2.24) is 0 Å². The molecule has 4 heteroatoms. The van der Waals surface area contributed by atoms with Crippen LogP contribution in [0.3, 0.4) is 0 Å². The zero-order chi connectivity index (χ0) is 14.2. The van der Waals surface area contributed by atoms with Crippen LogP contribution in [0.5, 0.6) is 0 Å². The molecule has 0 radical (unpaired) electrons. The van der Waals surface area contributed by atoms with Crippen LogP contribution in [0.1, 0.15) is 78.1 Å². The quantitative estimate of drug-likeness (QED) is 0.417. The van der Waals surface area contributed by atoms with Crippen molar-refractivity contribution in [2.24, 2.45) is 0 Å². The summed E-state index contributed by atoms with van der Waals surface area (Å²) in [6.45, 7) is 4.10. The number of aliphatic hydroxyl groups excluding tert-OH is 1. The Balaban J connectivity index is 0. The van der Waals surface area contributed by atoms with Crippen molar-refractivity contribution in [3.8, 4) is 0 Å². The lowest BCUT2D eigenvalue weighted by Crippen LogP contribution is -2.01. The van der Waals surface area contributed by atoms with E-state index in [2.05, 4.69) is 6.92 Å². The van der Waals surface area contributed by atoms with Crippen molar-refractivity contribution >= 4 is 5.97 Å². The maximum atomic E-state index is 10.1. The van der Waals surface area contributed by atoms with Gasteiger partial charge in [0.25, 0.3) is 0 Å². The van der Waals surface area contributed by atoms with Crippen LogP contribution in [0.4, 0.5) is 0 Å². The number of carbonyl (C=O) groups is 1. The predicted octanol–water partition coefficient (Wildman–Crippen LogP) is 3.31. The van der Waals surface area contributed by atoms with Gasteiger partial charge < -0.3 is 15.3 Å². The number of unbranched alkanes of at least 4 members (excludes halogenated alkanes) is 6. The minimum Gasteiger partial charge on any atom is -0.481 e. The first-order chi connectivity index (χ1) is 8.54. The van der Waals surface area contributed by atoms with Crippen molar-refractivity contribution < 1.29 is 20.1 Å². The first-order valence-corrected chi connectivity index (χ1v) is 7.12. The highest BCUT2D eigenvalue weighted by Gasteiger charge is 1.95. The van der Waals surface area contributed by atoms with Crippen LogP contribution in [0, 0.1) is 0 Å². The Kier molecular flexibility index (Phi) is 18.0. The average molecular weight is 262 g/mol. The molecule has 0 fully saturated rings. The molecular weight excluding hydrogens is 232 g/mol. The Morgan fingerprint density at radius 3 is 1.72 bits per heavy atom. The number of carboxylic acid groups (broad SMARTS) is 1. The van der Waals surface area contributed by atoms with Gasteiger partial charge in [0.2, 0.25) is 0 Å². The summed E-state index contributed by atoms with van der Waals surface area (Å²) in [5.74, 6) is -0.663. The third-order valence-electron chi connectivity index (χ3n) is 2.54. The van der Waals surface area contributed by atoms with Crippen molar-refractivity contribution in [3.05, 3.63) is 0 Å². The fourth-order valence-electron chi connectivity index (χ4n) is 1.49. The summed E-state index contributed by atoms with van der Waals surface area (Å²) in [4.78, 5) is 10.1. The lowest BCUT2D eigenvalue weighted by atomic mass is 10.1. The first kappa shape index (κ1) is 19.7. The van der Waals surface area contributed by atoms with Crippen LogP contribution < -0.4 is 0 Å². The van der Waals surface area contributed by atoms with Crippen molar-refractivity contribution in [2.45, 2.75) is 84.3 Å². The van der Waals surface area contributed by atoms with Gasteiger partial charge in [0.15, 0.2) is 6.29 Å². The molecule has 0 bridgehead atoms. The van der Waals surface area contributed by atoms with Gasteiger partial charge in [0.1, 0.15) is 0 Å². The number of aliphatic carboxylic acids is 1. The SMILES string of the molecule is CCCC(O)O.CCCCCCCCCC(=O)O. The van der Waals surface area contributed by atoms with Crippen LogP contribution >= 0.6 is 0 Å². The van der Waals surface area contributed by atoms with E-state index in [4.69, 9.17) is 15.3 Å². The van der Waals surface area contributed by atoms with Crippen molar-refractivity contribution in [3.63, 3.8) is 0 Å². The maximum absolute atomic E-state index is 10.1. The second-order valence-electron chi connectivity index (χ2n) is 4.53. The maximum Gasteiger partial charge on any atom is 0.303 e. The molecule has 0 aromatic carbocycles. The monoisotopic (exact) mass is 262 g/mol. The summed E-state index contributed by atoms with van der Waals surface area (Å²) in [6, 6.07) is 0. The largest absolute Gasteiger partial charge is 0.481 e. The second-order valence-corrected chi connectivity index (χ2v) is 4.53. The molecule has 4 nitrogen and oxygen atoms in total. The Bertz CT molecular complexity index is 169. The van der Waals surface area contributed by atoms with E-state index >= 15 is 0 Å². The summed E-state index contributed by atoms with van der Waals surface area (Å²) in [6.07, 6.45) is 8.86. The van der Waals surface area contributed by atoms with Gasteiger partial charge >= 0.3 is 5.97 Å². The summed E-state index contributed by atoms with van der Waals surface area (Å²) >= 11 is 0. The molecule has 110 valence electrons. The lowest BCUT2D eigenvalue weighted by molar-refractivity contribution is -0.137. The molecule has 0 atom stereocenters. The molecule has 0 unspecified atom stereocenters. The predicted molar refractivity (Wildman–Crippen MR) is 73.4 cm³/mol. The van der Waals surface area contributed by atoms with Crippen LogP contribution in [0.2, 0.25) is 0 Å². The molecule has 0 heterocycles. The van der Waals surface area contributed by atoms with Gasteiger partial charge in [-0.15, -0.1) is 0 Å². The Hall–Kier alpha value is -0.610. The zero-order valence-corrected chi connectivity index (χ0v) is 11.9. The van der Waals surface area contributed by atoms with Crippen LogP contribution in [0.25, 0.3) is 0 Å². The molecule has 18 heavy (non-hydrogen) atoms. The first-order valence-electron chi connectivity index (χ1n) is 7.12. The Morgan fingerprint density at radius 1 is 0.889 bits per heavy atom. The molecule has 0 aliphatic carbocycles. The van der Waals surface area contributed by atoms with E-state index in [1.54, 1.807) is 0 Å². The number of rotatable bonds is 10. The van der Waals surface area contributed by atoms with Gasteiger partial charge in [-0.3, -0.25) is 4.79 Å². The molecule has 0 aliphatic rings. The fraction of sp³-hybridized carbons (Fsp3) is 0.929. The van der Waals surface area contributed by atoms with Crippen LogP contribution in [0.15, 0.2) is 0 Å². The van der Waals surface area contributed by atoms with E-state index in [1.165, 1.54) is 32.1 Å². The zero-order valence-electron chi connectivity index (χ0n) is 11.9. The standard InChI is InChI=1S/C10H20O2.C4H10O2/c1-2-3-4-5-6-7-8-9-10(11)12;1-2-3-4(5)6/h2-9H2,1H3,(H,11,12);4-6H,2-3H2,1H3.